The molecule has 0 spiro atoms. The Labute approximate surface area is 181 Å². The zero-order valence-electron chi connectivity index (χ0n) is 16.9. The fourth-order valence-corrected chi connectivity index (χ4v) is 3.22. The summed E-state index contributed by atoms with van der Waals surface area (Å²) < 4.78 is 5.67. The third kappa shape index (κ3) is 5.39. The van der Waals surface area contributed by atoms with Crippen LogP contribution in [0.25, 0.3) is 0 Å². The van der Waals surface area contributed by atoms with Crippen LogP contribution in [0.3, 0.4) is 0 Å². The van der Waals surface area contributed by atoms with Crippen LogP contribution in [0.2, 0.25) is 5.02 Å². The van der Waals surface area contributed by atoms with Gasteiger partial charge in [0.25, 0.3) is 11.8 Å². The first kappa shape index (κ1) is 21.4. The van der Waals surface area contributed by atoms with E-state index < -0.39 is 0 Å². The molecule has 2 amide bonds. The summed E-state index contributed by atoms with van der Waals surface area (Å²) in [5, 5.41) is 6.11. The van der Waals surface area contributed by atoms with Crippen molar-refractivity contribution in [2.75, 3.05) is 17.2 Å². The average Bonchev–Trinajstić information content (AvgIpc) is 2.75. The predicted molar refractivity (Wildman–Crippen MR) is 121 cm³/mol. The molecule has 0 saturated carbocycles. The Hall–Kier alpha value is -3.31. The minimum absolute atomic E-state index is 0.231. The van der Waals surface area contributed by atoms with Crippen molar-refractivity contribution in [3.05, 3.63) is 88.4 Å². The summed E-state index contributed by atoms with van der Waals surface area (Å²) in [6, 6.07) is 19.7. The Morgan fingerprint density at radius 3 is 2.47 bits per heavy atom. The van der Waals surface area contributed by atoms with Crippen LogP contribution in [0.1, 0.15) is 28.4 Å². The van der Waals surface area contributed by atoms with Crippen LogP contribution in [0.15, 0.2) is 66.7 Å². The van der Waals surface area contributed by atoms with Crippen molar-refractivity contribution in [2.24, 2.45) is 0 Å². The van der Waals surface area contributed by atoms with Gasteiger partial charge in [0, 0.05) is 16.4 Å². The summed E-state index contributed by atoms with van der Waals surface area (Å²) in [5.74, 6) is -0.391. The molecular weight excluding hydrogens is 400 g/mol. The standard InChI is InChI=1S/C24H23ClN2O3/c1-3-17-9-7-8-16(2)23(17)27-22(28)15-30-21-13-12-18(25)14-20(21)24(29)26-19-10-5-4-6-11-19/h4-14H,3,15H2,1-2H3,(H,26,29)(H,27,28). The van der Waals surface area contributed by atoms with Gasteiger partial charge in [0.05, 0.1) is 5.56 Å². The lowest BCUT2D eigenvalue weighted by Gasteiger charge is -2.15. The molecular formula is C24H23ClN2O3. The number of carbonyl (C=O) groups is 2. The maximum Gasteiger partial charge on any atom is 0.262 e. The molecule has 3 aromatic rings. The largest absolute Gasteiger partial charge is 0.483 e. The molecule has 0 atom stereocenters. The van der Waals surface area contributed by atoms with Gasteiger partial charge in [-0.1, -0.05) is 54.9 Å². The van der Waals surface area contributed by atoms with E-state index in [4.69, 9.17) is 16.3 Å². The van der Waals surface area contributed by atoms with E-state index in [9.17, 15) is 9.59 Å². The number of benzene rings is 3. The number of anilines is 2. The minimum Gasteiger partial charge on any atom is -0.483 e. The zero-order valence-corrected chi connectivity index (χ0v) is 17.6. The number of hydrogen-bond donors (Lipinski definition) is 2. The van der Waals surface area contributed by atoms with Crippen LogP contribution in [-0.4, -0.2) is 18.4 Å². The van der Waals surface area contributed by atoms with E-state index in [1.165, 1.54) is 6.07 Å². The minimum atomic E-state index is -0.369. The lowest BCUT2D eigenvalue weighted by Crippen LogP contribution is -2.22. The van der Waals surface area contributed by atoms with E-state index in [1.807, 2.05) is 50.2 Å². The number of ether oxygens (including phenoxy) is 1. The topological polar surface area (TPSA) is 67.4 Å². The number of para-hydroxylation sites is 2. The van der Waals surface area contributed by atoms with Crippen molar-refractivity contribution in [3.63, 3.8) is 0 Å². The third-order valence-corrected chi connectivity index (χ3v) is 4.82. The Kier molecular flexibility index (Phi) is 7.09. The van der Waals surface area contributed by atoms with E-state index in [2.05, 4.69) is 10.6 Å². The molecule has 3 rings (SSSR count). The van der Waals surface area contributed by atoms with Gasteiger partial charge in [-0.15, -0.1) is 0 Å². The fourth-order valence-electron chi connectivity index (χ4n) is 3.05. The fraction of sp³-hybridized carbons (Fsp3) is 0.167. The molecule has 0 aliphatic carbocycles. The van der Waals surface area contributed by atoms with E-state index >= 15 is 0 Å². The summed E-state index contributed by atoms with van der Waals surface area (Å²) in [6.45, 7) is 3.75. The number of carbonyl (C=O) groups excluding carboxylic acids is 2. The van der Waals surface area contributed by atoms with Crippen molar-refractivity contribution in [3.8, 4) is 5.75 Å². The maximum absolute atomic E-state index is 12.7. The van der Waals surface area contributed by atoms with Crippen LogP contribution >= 0.6 is 11.6 Å². The van der Waals surface area contributed by atoms with Gasteiger partial charge in [-0.05, 0) is 54.8 Å². The highest BCUT2D eigenvalue weighted by Crippen LogP contribution is 2.25. The lowest BCUT2D eigenvalue weighted by atomic mass is 10.1. The van der Waals surface area contributed by atoms with Crippen LogP contribution < -0.4 is 15.4 Å². The SMILES string of the molecule is CCc1cccc(C)c1NC(=O)COc1ccc(Cl)cc1C(=O)Nc1ccccc1. The van der Waals surface area contributed by atoms with Crippen molar-refractivity contribution >= 4 is 34.8 Å². The van der Waals surface area contributed by atoms with Gasteiger partial charge in [0.1, 0.15) is 5.75 Å². The van der Waals surface area contributed by atoms with E-state index in [-0.39, 0.29) is 29.7 Å². The van der Waals surface area contributed by atoms with Crippen LogP contribution in [0.4, 0.5) is 11.4 Å². The van der Waals surface area contributed by atoms with E-state index in [0.29, 0.717) is 10.7 Å². The first-order chi connectivity index (χ1) is 14.5. The van der Waals surface area contributed by atoms with Gasteiger partial charge >= 0.3 is 0 Å². The summed E-state index contributed by atoms with van der Waals surface area (Å²) in [7, 11) is 0. The molecule has 154 valence electrons. The molecule has 0 aliphatic heterocycles. The van der Waals surface area contributed by atoms with Crippen LogP contribution in [-0.2, 0) is 11.2 Å². The molecule has 0 aromatic heterocycles. The Balaban J connectivity index is 1.71. The molecule has 2 N–H and O–H groups in total. The quantitative estimate of drug-likeness (QED) is 0.529. The molecule has 0 heterocycles. The van der Waals surface area contributed by atoms with Crippen LogP contribution in [0.5, 0.6) is 5.75 Å². The highest BCUT2D eigenvalue weighted by atomic mass is 35.5. The highest BCUT2D eigenvalue weighted by Gasteiger charge is 2.16. The number of rotatable bonds is 7. The van der Waals surface area contributed by atoms with E-state index in [1.54, 1.807) is 24.3 Å². The second-order valence-corrected chi connectivity index (χ2v) is 7.20. The van der Waals surface area contributed by atoms with Crippen molar-refractivity contribution in [2.45, 2.75) is 20.3 Å². The van der Waals surface area contributed by atoms with Gasteiger partial charge < -0.3 is 15.4 Å². The average molecular weight is 423 g/mol. The summed E-state index contributed by atoms with van der Waals surface area (Å²) in [6.07, 6.45) is 0.805. The van der Waals surface area contributed by atoms with Crippen LogP contribution in [0, 0.1) is 6.92 Å². The molecule has 3 aromatic carbocycles. The maximum atomic E-state index is 12.7. The predicted octanol–water partition coefficient (Wildman–Crippen LogP) is 5.48. The molecule has 5 nitrogen and oxygen atoms in total. The van der Waals surface area contributed by atoms with Gasteiger partial charge in [-0.25, -0.2) is 0 Å². The third-order valence-electron chi connectivity index (χ3n) is 4.58. The van der Waals surface area contributed by atoms with Crippen molar-refractivity contribution in [1.29, 1.82) is 0 Å². The first-order valence-electron chi connectivity index (χ1n) is 9.65. The highest BCUT2D eigenvalue weighted by molar-refractivity contribution is 6.31. The number of amides is 2. The summed E-state index contributed by atoms with van der Waals surface area (Å²) in [5.41, 5.74) is 3.74. The second kappa shape index (κ2) is 9.94. The molecule has 0 aliphatic rings. The van der Waals surface area contributed by atoms with Gasteiger partial charge in [0.15, 0.2) is 6.61 Å². The number of halogens is 1. The number of hydrogen-bond acceptors (Lipinski definition) is 3. The molecule has 0 fully saturated rings. The zero-order chi connectivity index (χ0) is 21.5. The molecule has 0 bridgehead atoms. The van der Waals surface area contributed by atoms with Crippen molar-refractivity contribution < 1.29 is 14.3 Å². The Morgan fingerprint density at radius 2 is 1.73 bits per heavy atom. The van der Waals surface area contributed by atoms with Gasteiger partial charge in [-0.3, -0.25) is 9.59 Å². The summed E-state index contributed by atoms with van der Waals surface area (Å²) in [4.78, 5) is 25.2. The molecule has 0 radical (unpaired) electrons. The number of aryl methyl sites for hydroxylation is 2. The molecule has 6 heteroatoms. The Bertz CT molecular complexity index is 1050. The smallest absolute Gasteiger partial charge is 0.262 e. The molecule has 30 heavy (non-hydrogen) atoms. The van der Waals surface area contributed by atoms with E-state index in [0.717, 1.165) is 23.2 Å². The molecule has 0 unspecified atom stereocenters. The van der Waals surface area contributed by atoms with Gasteiger partial charge in [0.2, 0.25) is 0 Å². The van der Waals surface area contributed by atoms with Gasteiger partial charge in [-0.2, -0.15) is 0 Å². The second-order valence-electron chi connectivity index (χ2n) is 6.76. The van der Waals surface area contributed by atoms with Crippen molar-refractivity contribution in [1.82, 2.24) is 0 Å². The Morgan fingerprint density at radius 1 is 0.967 bits per heavy atom. The first-order valence-corrected chi connectivity index (χ1v) is 10.0. The summed E-state index contributed by atoms with van der Waals surface area (Å²) >= 11 is 6.07. The number of nitrogens with one attached hydrogen (secondary N) is 2. The lowest BCUT2D eigenvalue weighted by molar-refractivity contribution is -0.118. The molecule has 0 saturated heterocycles. The normalized spacial score (nSPS) is 10.4. The monoisotopic (exact) mass is 422 g/mol.